The van der Waals surface area contributed by atoms with Crippen LogP contribution >= 0.6 is 11.3 Å². The van der Waals surface area contributed by atoms with Crippen molar-refractivity contribution in [1.29, 1.82) is 0 Å². The number of halogens is 1. The molecule has 6 nitrogen and oxygen atoms in total. The van der Waals surface area contributed by atoms with Crippen LogP contribution in [0.5, 0.6) is 0 Å². The summed E-state index contributed by atoms with van der Waals surface area (Å²) in [6.45, 7) is 2.20. The first kappa shape index (κ1) is 19.8. The minimum absolute atomic E-state index is 0.0201. The molecule has 1 saturated heterocycles. The van der Waals surface area contributed by atoms with Crippen molar-refractivity contribution in [3.8, 4) is 5.69 Å². The van der Waals surface area contributed by atoms with Gasteiger partial charge in [-0.2, -0.15) is 0 Å². The summed E-state index contributed by atoms with van der Waals surface area (Å²) in [6, 6.07) is 14.4. The van der Waals surface area contributed by atoms with Gasteiger partial charge >= 0.3 is 0 Å². The van der Waals surface area contributed by atoms with Crippen LogP contribution in [-0.4, -0.2) is 38.4 Å². The van der Waals surface area contributed by atoms with Gasteiger partial charge in [-0.1, -0.05) is 12.1 Å². The lowest BCUT2D eigenvalue weighted by molar-refractivity contribution is -0.121. The van der Waals surface area contributed by atoms with E-state index in [0.717, 1.165) is 41.9 Å². The Morgan fingerprint density at radius 3 is 2.84 bits per heavy atom. The number of piperidine rings is 1. The highest BCUT2D eigenvalue weighted by molar-refractivity contribution is 7.13. The van der Waals surface area contributed by atoms with E-state index >= 15 is 0 Å². The van der Waals surface area contributed by atoms with Gasteiger partial charge < -0.3 is 5.32 Å². The van der Waals surface area contributed by atoms with Crippen LogP contribution in [0.4, 0.5) is 9.52 Å². The SMILES string of the molecule is O=C(Nc1nccs1)[C@@H]1CCCN(Cc2nc3ccccc3n2-c2ccc(F)cc2)C1. The van der Waals surface area contributed by atoms with Gasteiger partial charge in [0.25, 0.3) is 0 Å². The first-order valence-corrected chi connectivity index (χ1v) is 11.2. The average molecular weight is 436 g/mol. The summed E-state index contributed by atoms with van der Waals surface area (Å²) >= 11 is 1.42. The minimum Gasteiger partial charge on any atom is -0.302 e. The molecule has 0 bridgehead atoms. The standard InChI is InChI=1S/C23H22FN5OS/c24-17-7-9-18(10-8-17)29-20-6-2-1-5-19(20)26-21(29)15-28-12-3-4-16(14-28)22(30)27-23-25-11-13-31-23/h1-2,5-11,13,16H,3-4,12,14-15H2,(H,25,27,30)/t16-/m1/s1. The van der Waals surface area contributed by atoms with Crippen LogP contribution in [0.15, 0.2) is 60.1 Å². The zero-order valence-electron chi connectivity index (χ0n) is 16.9. The number of carbonyl (C=O) groups excluding carboxylic acids is 1. The van der Waals surface area contributed by atoms with E-state index in [1.807, 2.05) is 29.6 Å². The van der Waals surface area contributed by atoms with Crippen LogP contribution in [0.2, 0.25) is 0 Å². The number of nitrogens with one attached hydrogen (secondary N) is 1. The molecule has 0 unspecified atom stereocenters. The van der Waals surface area contributed by atoms with E-state index in [9.17, 15) is 9.18 Å². The molecular weight excluding hydrogens is 413 g/mol. The van der Waals surface area contributed by atoms with Gasteiger partial charge in [-0.3, -0.25) is 14.3 Å². The fourth-order valence-corrected chi connectivity index (χ4v) is 4.70. The van der Waals surface area contributed by atoms with E-state index in [1.165, 1.54) is 23.5 Å². The molecule has 1 aliphatic rings. The number of carbonyl (C=O) groups is 1. The normalized spacial score (nSPS) is 17.1. The number of rotatable bonds is 5. The maximum atomic E-state index is 13.5. The molecule has 1 amide bonds. The molecule has 0 saturated carbocycles. The molecular formula is C23H22FN5OS. The highest BCUT2D eigenvalue weighted by Crippen LogP contribution is 2.25. The summed E-state index contributed by atoms with van der Waals surface area (Å²) in [4.78, 5) is 24.0. The number of hydrogen-bond acceptors (Lipinski definition) is 5. The summed E-state index contributed by atoms with van der Waals surface area (Å²) in [7, 11) is 0. The fraction of sp³-hybridized carbons (Fsp3) is 0.261. The lowest BCUT2D eigenvalue weighted by atomic mass is 9.97. The molecule has 1 aliphatic heterocycles. The molecule has 2 aromatic carbocycles. The van der Waals surface area contributed by atoms with E-state index in [0.29, 0.717) is 18.2 Å². The fourth-order valence-electron chi connectivity index (χ4n) is 4.17. The third kappa shape index (κ3) is 4.22. The van der Waals surface area contributed by atoms with Crippen LogP contribution < -0.4 is 5.32 Å². The van der Waals surface area contributed by atoms with Gasteiger partial charge in [0.15, 0.2) is 5.13 Å². The van der Waals surface area contributed by atoms with Crippen LogP contribution in [0.25, 0.3) is 16.7 Å². The predicted octanol–water partition coefficient (Wildman–Crippen LogP) is 4.47. The molecule has 0 aliphatic carbocycles. The van der Waals surface area contributed by atoms with Crippen LogP contribution in [0, 0.1) is 11.7 Å². The number of imidazole rings is 1. The molecule has 5 rings (SSSR count). The first-order valence-electron chi connectivity index (χ1n) is 10.3. The first-order chi connectivity index (χ1) is 15.2. The average Bonchev–Trinajstić information content (AvgIpc) is 3.42. The molecule has 4 aromatic rings. The largest absolute Gasteiger partial charge is 0.302 e. The van der Waals surface area contributed by atoms with Crippen molar-refractivity contribution in [3.63, 3.8) is 0 Å². The van der Waals surface area contributed by atoms with E-state index in [2.05, 4.69) is 19.8 Å². The zero-order chi connectivity index (χ0) is 21.2. The maximum Gasteiger partial charge on any atom is 0.230 e. The molecule has 31 heavy (non-hydrogen) atoms. The lowest BCUT2D eigenvalue weighted by Crippen LogP contribution is -2.40. The van der Waals surface area contributed by atoms with Crippen molar-refractivity contribution in [2.24, 2.45) is 5.92 Å². The molecule has 8 heteroatoms. The molecule has 0 radical (unpaired) electrons. The Morgan fingerprint density at radius 2 is 2.03 bits per heavy atom. The number of thiazole rings is 1. The van der Waals surface area contributed by atoms with E-state index < -0.39 is 0 Å². The smallest absolute Gasteiger partial charge is 0.230 e. The Morgan fingerprint density at radius 1 is 1.19 bits per heavy atom. The van der Waals surface area contributed by atoms with Gasteiger partial charge in [0.05, 0.1) is 23.5 Å². The quantitative estimate of drug-likeness (QED) is 0.502. The summed E-state index contributed by atoms with van der Waals surface area (Å²) in [5.74, 6) is 0.557. The predicted molar refractivity (Wildman–Crippen MR) is 120 cm³/mol. The van der Waals surface area contributed by atoms with Gasteiger partial charge in [0.2, 0.25) is 5.91 Å². The molecule has 2 aromatic heterocycles. The topological polar surface area (TPSA) is 63.1 Å². The Kier molecular flexibility index (Phi) is 5.48. The van der Waals surface area contributed by atoms with Crippen molar-refractivity contribution in [2.45, 2.75) is 19.4 Å². The number of nitrogens with zero attached hydrogens (tertiary/aromatic N) is 4. The number of benzene rings is 2. The number of fused-ring (bicyclic) bond motifs is 1. The second-order valence-corrected chi connectivity index (χ2v) is 8.62. The van der Waals surface area contributed by atoms with Crippen molar-refractivity contribution in [1.82, 2.24) is 19.4 Å². The third-order valence-electron chi connectivity index (χ3n) is 5.62. The highest BCUT2D eigenvalue weighted by Gasteiger charge is 2.27. The minimum atomic E-state index is -0.264. The van der Waals surface area contributed by atoms with Crippen LogP contribution in [-0.2, 0) is 11.3 Å². The zero-order valence-corrected chi connectivity index (χ0v) is 17.7. The number of aromatic nitrogens is 3. The maximum absolute atomic E-state index is 13.5. The van der Waals surface area contributed by atoms with Gasteiger partial charge in [-0.05, 0) is 55.8 Å². The summed E-state index contributed by atoms with van der Waals surface area (Å²) in [5.41, 5.74) is 2.76. The summed E-state index contributed by atoms with van der Waals surface area (Å²) in [5, 5.41) is 5.41. The van der Waals surface area contributed by atoms with Gasteiger partial charge in [-0.25, -0.2) is 14.4 Å². The molecule has 158 valence electrons. The Balaban J connectivity index is 1.39. The Hall–Kier alpha value is -3.10. The summed E-state index contributed by atoms with van der Waals surface area (Å²) in [6.07, 6.45) is 3.50. The lowest BCUT2D eigenvalue weighted by Gasteiger charge is -2.31. The van der Waals surface area contributed by atoms with Crippen LogP contribution in [0.1, 0.15) is 18.7 Å². The number of likely N-dealkylation sites (tertiary alicyclic amines) is 1. The molecule has 3 heterocycles. The van der Waals surface area contributed by atoms with E-state index in [4.69, 9.17) is 4.98 Å². The number of para-hydroxylation sites is 2. The van der Waals surface area contributed by atoms with Crippen LogP contribution in [0.3, 0.4) is 0 Å². The second-order valence-electron chi connectivity index (χ2n) is 7.73. The third-order valence-corrected chi connectivity index (χ3v) is 6.31. The molecule has 1 atom stereocenters. The van der Waals surface area contributed by atoms with Crippen molar-refractivity contribution >= 4 is 33.4 Å². The van der Waals surface area contributed by atoms with Crippen molar-refractivity contribution in [3.05, 3.63) is 71.7 Å². The van der Waals surface area contributed by atoms with E-state index in [-0.39, 0.29) is 17.6 Å². The highest BCUT2D eigenvalue weighted by atomic mass is 32.1. The van der Waals surface area contributed by atoms with Crippen molar-refractivity contribution in [2.75, 3.05) is 18.4 Å². The molecule has 0 spiro atoms. The number of hydrogen-bond donors (Lipinski definition) is 1. The summed E-state index contributed by atoms with van der Waals surface area (Å²) < 4.78 is 15.6. The van der Waals surface area contributed by atoms with Gasteiger partial charge in [0.1, 0.15) is 11.6 Å². The van der Waals surface area contributed by atoms with Gasteiger partial charge in [-0.15, -0.1) is 11.3 Å². The number of anilines is 1. The molecule has 1 N–H and O–H groups in total. The van der Waals surface area contributed by atoms with E-state index in [1.54, 1.807) is 18.3 Å². The van der Waals surface area contributed by atoms with Gasteiger partial charge in [0, 0.05) is 23.8 Å². The molecule has 1 fully saturated rings. The number of amides is 1. The van der Waals surface area contributed by atoms with Crippen molar-refractivity contribution < 1.29 is 9.18 Å². The Labute approximate surface area is 183 Å². The Bertz CT molecular complexity index is 1190. The monoisotopic (exact) mass is 435 g/mol. The second kappa shape index (κ2) is 8.56.